The topological polar surface area (TPSA) is 62.2 Å². The first-order valence-electron chi connectivity index (χ1n) is 6.44. The van der Waals surface area contributed by atoms with Crippen molar-refractivity contribution in [3.05, 3.63) is 63.9 Å². The molecule has 23 heavy (non-hydrogen) atoms. The second-order valence-electron chi connectivity index (χ2n) is 4.56. The minimum atomic E-state index is -0.946. The molecule has 4 nitrogen and oxygen atoms in total. The summed E-state index contributed by atoms with van der Waals surface area (Å²) in [6.07, 6.45) is 0. The Morgan fingerprint density at radius 2 is 1.91 bits per heavy atom. The van der Waals surface area contributed by atoms with E-state index in [0.29, 0.717) is 5.69 Å². The van der Waals surface area contributed by atoms with Crippen LogP contribution in [0.1, 0.15) is 10.4 Å². The van der Waals surface area contributed by atoms with E-state index in [-0.39, 0.29) is 22.5 Å². The van der Waals surface area contributed by atoms with E-state index in [9.17, 15) is 4.79 Å². The standard InChI is InChI=1S/C16H11BrN2O2S.BrH/c17-12-6-4-10(5-7-12)14-9-22-16(19-14)18-13-3-1-2-11(8-13)15(20)21;/h1-9H,(H,18,19)(H,20,21);1H. The number of carbonyl (C=O) groups is 1. The van der Waals surface area contributed by atoms with E-state index in [0.717, 1.165) is 20.9 Å². The van der Waals surface area contributed by atoms with Crippen LogP contribution < -0.4 is 5.32 Å². The molecule has 0 aliphatic rings. The SMILES string of the molecule is Br.O=C(O)c1cccc(Nc2nc(-c3ccc(Br)cc3)cs2)c1. The van der Waals surface area contributed by atoms with Gasteiger partial charge in [-0.15, -0.1) is 28.3 Å². The molecular weight excluding hydrogens is 444 g/mol. The quantitative estimate of drug-likeness (QED) is 0.538. The predicted molar refractivity (Wildman–Crippen MR) is 102 cm³/mol. The van der Waals surface area contributed by atoms with Crippen LogP contribution in [0.4, 0.5) is 10.8 Å². The molecule has 0 fully saturated rings. The Morgan fingerprint density at radius 3 is 2.61 bits per heavy atom. The average molecular weight is 456 g/mol. The van der Waals surface area contributed by atoms with Crippen LogP contribution >= 0.6 is 44.2 Å². The molecule has 2 aromatic carbocycles. The number of carboxylic acid groups (broad SMARTS) is 1. The van der Waals surface area contributed by atoms with Crippen LogP contribution in [0.5, 0.6) is 0 Å². The summed E-state index contributed by atoms with van der Waals surface area (Å²) in [4.78, 5) is 15.5. The van der Waals surface area contributed by atoms with Gasteiger partial charge in [-0.1, -0.05) is 34.1 Å². The van der Waals surface area contributed by atoms with E-state index in [1.165, 1.54) is 11.3 Å². The molecule has 2 N–H and O–H groups in total. The average Bonchev–Trinajstić information content (AvgIpc) is 2.96. The molecule has 0 amide bonds. The number of carboxylic acids is 1. The molecule has 0 aliphatic carbocycles. The minimum absolute atomic E-state index is 0. The van der Waals surface area contributed by atoms with E-state index >= 15 is 0 Å². The summed E-state index contributed by atoms with van der Waals surface area (Å²) in [5.74, 6) is -0.946. The number of benzene rings is 2. The second-order valence-corrected chi connectivity index (χ2v) is 6.33. The number of halogens is 2. The van der Waals surface area contributed by atoms with E-state index < -0.39 is 5.97 Å². The molecule has 3 rings (SSSR count). The van der Waals surface area contributed by atoms with Crippen molar-refractivity contribution in [3.8, 4) is 11.3 Å². The highest BCUT2D eigenvalue weighted by molar-refractivity contribution is 9.10. The van der Waals surface area contributed by atoms with Crippen LogP contribution in [0.15, 0.2) is 58.4 Å². The van der Waals surface area contributed by atoms with Crippen molar-refractivity contribution in [1.82, 2.24) is 4.98 Å². The molecule has 0 spiro atoms. The van der Waals surface area contributed by atoms with Crippen LogP contribution in [-0.2, 0) is 0 Å². The maximum Gasteiger partial charge on any atom is 0.335 e. The minimum Gasteiger partial charge on any atom is -0.478 e. The molecule has 118 valence electrons. The van der Waals surface area contributed by atoms with E-state index in [2.05, 4.69) is 26.2 Å². The number of aromatic carboxylic acids is 1. The van der Waals surface area contributed by atoms with Gasteiger partial charge >= 0.3 is 5.97 Å². The Hall–Kier alpha value is -1.70. The molecule has 3 aromatic rings. The van der Waals surface area contributed by atoms with E-state index in [1.54, 1.807) is 18.2 Å². The van der Waals surface area contributed by atoms with Gasteiger partial charge < -0.3 is 10.4 Å². The lowest BCUT2D eigenvalue weighted by molar-refractivity contribution is 0.0697. The van der Waals surface area contributed by atoms with Gasteiger partial charge in [0.1, 0.15) is 0 Å². The van der Waals surface area contributed by atoms with Crippen LogP contribution in [0.25, 0.3) is 11.3 Å². The first-order valence-corrected chi connectivity index (χ1v) is 8.11. The fourth-order valence-corrected chi connectivity index (χ4v) is 2.94. The van der Waals surface area contributed by atoms with Crippen LogP contribution in [0.2, 0.25) is 0 Å². The van der Waals surface area contributed by atoms with Gasteiger partial charge in [0.2, 0.25) is 0 Å². The van der Waals surface area contributed by atoms with Gasteiger partial charge in [0.25, 0.3) is 0 Å². The summed E-state index contributed by atoms with van der Waals surface area (Å²) < 4.78 is 1.02. The zero-order valence-electron chi connectivity index (χ0n) is 11.7. The molecule has 0 saturated heterocycles. The lowest BCUT2D eigenvalue weighted by atomic mass is 10.2. The van der Waals surface area contributed by atoms with E-state index in [4.69, 9.17) is 5.11 Å². The Kier molecular flexibility index (Phi) is 5.92. The van der Waals surface area contributed by atoms with Crippen LogP contribution in [0, 0.1) is 0 Å². The first-order chi connectivity index (χ1) is 10.6. The smallest absolute Gasteiger partial charge is 0.335 e. The number of anilines is 2. The maximum atomic E-state index is 11.0. The van der Waals surface area contributed by atoms with Crippen LogP contribution in [0.3, 0.4) is 0 Å². The van der Waals surface area contributed by atoms with Crippen molar-refractivity contribution < 1.29 is 9.90 Å². The van der Waals surface area contributed by atoms with Gasteiger partial charge in [-0.05, 0) is 30.3 Å². The van der Waals surface area contributed by atoms with Gasteiger partial charge in [-0.2, -0.15) is 0 Å². The van der Waals surface area contributed by atoms with Crippen molar-refractivity contribution in [2.45, 2.75) is 0 Å². The van der Waals surface area contributed by atoms with Gasteiger partial charge in [-0.25, -0.2) is 9.78 Å². The lowest BCUT2D eigenvalue weighted by Gasteiger charge is -2.03. The van der Waals surface area contributed by atoms with E-state index in [1.807, 2.05) is 35.7 Å². The van der Waals surface area contributed by atoms with Crippen molar-refractivity contribution in [2.75, 3.05) is 5.32 Å². The Labute approximate surface area is 156 Å². The zero-order chi connectivity index (χ0) is 15.5. The number of nitrogens with one attached hydrogen (secondary N) is 1. The number of rotatable bonds is 4. The third-order valence-corrected chi connectivity index (χ3v) is 4.29. The van der Waals surface area contributed by atoms with Crippen molar-refractivity contribution in [2.24, 2.45) is 0 Å². The summed E-state index contributed by atoms with van der Waals surface area (Å²) in [7, 11) is 0. The summed E-state index contributed by atoms with van der Waals surface area (Å²) in [6.45, 7) is 0. The lowest BCUT2D eigenvalue weighted by Crippen LogP contribution is -1.97. The fourth-order valence-electron chi connectivity index (χ4n) is 1.94. The summed E-state index contributed by atoms with van der Waals surface area (Å²) in [5, 5.41) is 14.8. The second kappa shape index (κ2) is 7.72. The van der Waals surface area contributed by atoms with Crippen molar-refractivity contribution in [3.63, 3.8) is 0 Å². The molecular formula is C16H12Br2N2O2S. The molecule has 7 heteroatoms. The molecule has 0 radical (unpaired) electrons. The monoisotopic (exact) mass is 454 g/mol. The molecule has 0 atom stereocenters. The summed E-state index contributed by atoms with van der Waals surface area (Å²) >= 11 is 4.88. The number of hydrogen-bond donors (Lipinski definition) is 2. The Morgan fingerprint density at radius 1 is 1.17 bits per heavy atom. The third kappa shape index (κ3) is 4.40. The highest BCUT2D eigenvalue weighted by Crippen LogP contribution is 2.28. The summed E-state index contributed by atoms with van der Waals surface area (Å²) in [5.41, 5.74) is 2.87. The summed E-state index contributed by atoms with van der Waals surface area (Å²) in [6, 6.07) is 14.6. The third-order valence-electron chi connectivity index (χ3n) is 3.00. The molecule has 1 aromatic heterocycles. The van der Waals surface area contributed by atoms with Gasteiger partial charge in [-0.3, -0.25) is 0 Å². The number of aromatic nitrogens is 1. The highest BCUT2D eigenvalue weighted by atomic mass is 79.9. The highest BCUT2D eigenvalue weighted by Gasteiger charge is 2.07. The van der Waals surface area contributed by atoms with Gasteiger partial charge in [0.05, 0.1) is 11.3 Å². The number of thiazole rings is 1. The Bertz CT molecular complexity index is 819. The first kappa shape index (κ1) is 17.7. The number of hydrogen-bond acceptors (Lipinski definition) is 4. The predicted octanol–water partition coefficient (Wildman–Crippen LogP) is 5.59. The fraction of sp³-hybridized carbons (Fsp3) is 0. The van der Waals surface area contributed by atoms with Crippen molar-refractivity contribution >= 4 is 61.0 Å². The zero-order valence-corrected chi connectivity index (χ0v) is 15.8. The van der Waals surface area contributed by atoms with Crippen molar-refractivity contribution in [1.29, 1.82) is 0 Å². The number of nitrogens with zero attached hydrogens (tertiary/aromatic N) is 1. The van der Waals surface area contributed by atoms with Gasteiger partial charge in [0.15, 0.2) is 5.13 Å². The molecule has 0 bridgehead atoms. The van der Waals surface area contributed by atoms with Gasteiger partial charge in [0, 0.05) is 21.1 Å². The Balaban J connectivity index is 0.00000192. The molecule has 0 unspecified atom stereocenters. The normalized spacial score (nSPS) is 9.96. The maximum absolute atomic E-state index is 11.0. The van der Waals surface area contributed by atoms with Crippen LogP contribution in [-0.4, -0.2) is 16.1 Å². The molecule has 0 aliphatic heterocycles. The molecule has 0 saturated carbocycles. The largest absolute Gasteiger partial charge is 0.478 e. The molecule has 1 heterocycles.